The predicted octanol–water partition coefficient (Wildman–Crippen LogP) is 1.55. The summed E-state index contributed by atoms with van der Waals surface area (Å²) in [6, 6.07) is 0.391. The molecule has 1 unspecified atom stereocenters. The van der Waals surface area contributed by atoms with Crippen LogP contribution in [0.1, 0.15) is 20.8 Å². The number of rotatable bonds is 1. The van der Waals surface area contributed by atoms with Crippen LogP contribution in [0.4, 0.5) is 0 Å². The molecule has 0 radical (unpaired) electrons. The Kier molecular flexibility index (Phi) is 2.10. The van der Waals surface area contributed by atoms with Gasteiger partial charge in [-0.2, -0.15) is 0 Å². The van der Waals surface area contributed by atoms with Crippen LogP contribution in [0.3, 0.4) is 0 Å². The van der Waals surface area contributed by atoms with Crippen molar-refractivity contribution in [3.05, 3.63) is 11.9 Å². The molecule has 2 nitrogen and oxygen atoms in total. The van der Waals surface area contributed by atoms with E-state index in [1.807, 2.05) is 12.4 Å². The Bertz CT molecular complexity index is 168. The van der Waals surface area contributed by atoms with Gasteiger partial charge in [-0.1, -0.05) is 13.8 Å². The first-order valence-electron chi connectivity index (χ1n) is 3.70. The summed E-state index contributed by atoms with van der Waals surface area (Å²) in [5.41, 5.74) is 1.14. The highest BCUT2D eigenvalue weighted by molar-refractivity contribution is 5.66. The molecule has 0 aromatic carbocycles. The minimum atomic E-state index is 0.391. The molecule has 0 aromatic rings. The molecule has 10 heavy (non-hydrogen) atoms. The maximum absolute atomic E-state index is 4.28. The van der Waals surface area contributed by atoms with Gasteiger partial charge in [0, 0.05) is 12.4 Å². The van der Waals surface area contributed by atoms with Crippen LogP contribution >= 0.6 is 0 Å². The van der Waals surface area contributed by atoms with Crippen molar-refractivity contribution in [3.8, 4) is 0 Å². The molecule has 0 saturated heterocycles. The lowest BCUT2D eigenvalue weighted by Crippen LogP contribution is -2.25. The van der Waals surface area contributed by atoms with Crippen LogP contribution in [-0.4, -0.2) is 12.3 Å². The van der Waals surface area contributed by atoms with Crippen molar-refractivity contribution < 1.29 is 0 Å². The molecule has 0 fully saturated rings. The summed E-state index contributed by atoms with van der Waals surface area (Å²) in [5, 5.41) is 3.20. The van der Waals surface area contributed by atoms with Crippen molar-refractivity contribution in [3.63, 3.8) is 0 Å². The van der Waals surface area contributed by atoms with Crippen molar-refractivity contribution in [2.75, 3.05) is 0 Å². The van der Waals surface area contributed by atoms with Gasteiger partial charge in [-0.25, -0.2) is 0 Å². The number of allylic oxidation sites excluding steroid dienone is 1. The standard InChI is InChI=1S/C8H14N2/c1-6(2)8-5-9-7(3)4-10-8/h4-7,9H,1-3H3. The summed E-state index contributed by atoms with van der Waals surface area (Å²) in [6.45, 7) is 6.36. The average Bonchev–Trinajstić information content (AvgIpc) is 1.88. The third-order valence-corrected chi connectivity index (χ3v) is 1.53. The lowest BCUT2D eigenvalue weighted by molar-refractivity contribution is 0.705. The smallest absolute Gasteiger partial charge is 0.0583 e. The first-order chi connectivity index (χ1) is 4.70. The second kappa shape index (κ2) is 2.86. The summed E-state index contributed by atoms with van der Waals surface area (Å²) in [4.78, 5) is 4.28. The summed E-state index contributed by atoms with van der Waals surface area (Å²) in [5.74, 6) is 0.524. The van der Waals surface area contributed by atoms with Crippen molar-refractivity contribution in [2.45, 2.75) is 26.8 Å². The first kappa shape index (κ1) is 7.32. The highest BCUT2D eigenvalue weighted by atomic mass is 15.0. The van der Waals surface area contributed by atoms with E-state index in [4.69, 9.17) is 0 Å². The van der Waals surface area contributed by atoms with Gasteiger partial charge < -0.3 is 5.32 Å². The molecule has 0 spiro atoms. The molecule has 1 aliphatic rings. The third kappa shape index (κ3) is 1.59. The average molecular weight is 138 g/mol. The van der Waals surface area contributed by atoms with Gasteiger partial charge in [0.1, 0.15) is 0 Å². The summed E-state index contributed by atoms with van der Waals surface area (Å²) in [7, 11) is 0. The molecule has 1 aliphatic heterocycles. The normalized spacial score (nSPS) is 24.4. The molecule has 1 heterocycles. The fourth-order valence-electron chi connectivity index (χ4n) is 0.811. The van der Waals surface area contributed by atoms with Crippen LogP contribution in [0.15, 0.2) is 16.9 Å². The summed E-state index contributed by atoms with van der Waals surface area (Å²) < 4.78 is 0. The van der Waals surface area contributed by atoms with E-state index < -0.39 is 0 Å². The zero-order chi connectivity index (χ0) is 7.56. The fourth-order valence-corrected chi connectivity index (χ4v) is 0.811. The zero-order valence-corrected chi connectivity index (χ0v) is 6.76. The van der Waals surface area contributed by atoms with Crippen molar-refractivity contribution >= 4 is 6.21 Å². The lowest BCUT2D eigenvalue weighted by atomic mass is 10.1. The summed E-state index contributed by atoms with van der Waals surface area (Å²) in [6.07, 6.45) is 3.94. The molecule has 0 bridgehead atoms. The van der Waals surface area contributed by atoms with Gasteiger partial charge in [-0.15, -0.1) is 0 Å². The summed E-state index contributed by atoms with van der Waals surface area (Å²) >= 11 is 0. The molecule has 2 heteroatoms. The third-order valence-electron chi connectivity index (χ3n) is 1.53. The van der Waals surface area contributed by atoms with Crippen molar-refractivity contribution in [1.82, 2.24) is 5.32 Å². The van der Waals surface area contributed by atoms with Gasteiger partial charge in [-0.3, -0.25) is 4.99 Å². The molecule has 0 amide bonds. The molecule has 1 rings (SSSR count). The number of hydrogen-bond donors (Lipinski definition) is 1. The monoisotopic (exact) mass is 138 g/mol. The van der Waals surface area contributed by atoms with Gasteiger partial charge in [0.15, 0.2) is 0 Å². The van der Waals surface area contributed by atoms with Crippen LogP contribution in [0.2, 0.25) is 0 Å². The van der Waals surface area contributed by atoms with Crippen LogP contribution in [0.25, 0.3) is 0 Å². The Morgan fingerprint density at radius 1 is 1.60 bits per heavy atom. The van der Waals surface area contributed by atoms with Gasteiger partial charge in [0.25, 0.3) is 0 Å². The van der Waals surface area contributed by atoms with E-state index in [1.54, 1.807) is 0 Å². The molecule has 0 aliphatic carbocycles. The largest absolute Gasteiger partial charge is 0.382 e. The van der Waals surface area contributed by atoms with Crippen LogP contribution < -0.4 is 5.32 Å². The second-order valence-corrected chi connectivity index (χ2v) is 2.96. The molecular weight excluding hydrogens is 124 g/mol. The second-order valence-electron chi connectivity index (χ2n) is 2.96. The molecular formula is C8H14N2. The van der Waals surface area contributed by atoms with Crippen LogP contribution in [0, 0.1) is 5.92 Å². The van der Waals surface area contributed by atoms with E-state index >= 15 is 0 Å². The Balaban J connectivity index is 2.59. The van der Waals surface area contributed by atoms with E-state index in [0.29, 0.717) is 12.0 Å². The minimum absolute atomic E-state index is 0.391. The molecule has 1 atom stereocenters. The van der Waals surface area contributed by atoms with Crippen molar-refractivity contribution in [2.24, 2.45) is 10.9 Å². The maximum Gasteiger partial charge on any atom is 0.0583 e. The number of nitrogens with zero attached hydrogens (tertiary/aromatic N) is 1. The Hall–Kier alpha value is -0.790. The van der Waals surface area contributed by atoms with E-state index in [0.717, 1.165) is 5.70 Å². The Morgan fingerprint density at radius 3 is 2.70 bits per heavy atom. The SMILES string of the molecule is CC1C=NC(C(C)C)=CN1. The predicted molar refractivity (Wildman–Crippen MR) is 44.0 cm³/mol. The first-order valence-corrected chi connectivity index (χ1v) is 3.70. The van der Waals surface area contributed by atoms with E-state index in [9.17, 15) is 0 Å². The number of nitrogens with one attached hydrogen (secondary N) is 1. The quantitative estimate of drug-likeness (QED) is 0.584. The van der Waals surface area contributed by atoms with E-state index in [-0.39, 0.29) is 0 Å². The van der Waals surface area contributed by atoms with Crippen LogP contribution in [0.5, 0.6) is 0 Å². The van der Waals surface area contributed by atoms with Gasteiger partial charge in [-0.05, 0) is 12.8 Å². The molecule has 56 valence electrons. The van der Waals surface area contributed by atoms with Crippen LogP contribution in [-0.2, 0) is 0 Å². The number of aliphatic imine (C=N–C) groups is 1. The molecule has 1 N–H and O–H groups in total. The topological polar surface area (TPSA) is 24.4 Å². The molecule has 0 aromatic heterocycles. The Morgan fingerprint density at radius 2 is 2.30 bits per heavy atom. The zero-order valence-electron chi connectivity index (χ0n) is 6.76. The fraction of sp³-hybridized carbons (Fsp3) is 0.625. The van der Waals surface area contributed by atoms with E-state index in [1.165, 1.54) is 0 Å². The van der Waals surface area contributed by atoms with E-state index in [2.05, 4.69) is 31.1 Å². The van der Waals surface area contributed by atoms with Gasteiger partial charge in [0.05, 0.1) is 11.7 Å². The minimum Gasteiger partial charge on any atom is -0.382 e. The highest BCUT2D eigenvalue weighted by Crippen LogP contribution is 2.11. The van der Waals surface area contributed by atoms with Crippen molar-refractivity contribution in [1.29, 1.82) is 0 Å². The number of hydrogen-bond acceptors (Lipinski definition) is 2. The van der Waals surface area contributed by atoms with Gasteiger partial charge >= 0.3 is 0 Å². The lowest BCUT2D eigenvalue weighted by Gasteiger charge is -2.15. The maximum atomic E-state index is 4.28. The molecule has 0 saturated carbocycles. The highest BCUT2D eigenvalue weighted by Gasteiger charge is 2.05. The van der Waals surface area contributed by atoms with Gasteiger partial charge in [0.2, 0.25) is 0 Å². The Labute approximate surface area is 62.0 Å².